The molecule has 0 aliphatic heterocycles. The second-order valence-electron chi connectivity index (χ2n) is 7.38. The Hall–Kier alpha value is -2.98. The van der Waals surface area contributed by atoms with Crippen LogP contribution in [0.1, 0.15) is 43.3 Å². The molecule has 0 N–H and O–H groups in total. The van der Waals surface area contributed by atoms with E-state index in [-0.39, 0.29) is 16.7 Å². The molecule has 8 heteroatoms. The Bertz CT molecular complexity index is 964. The van der Waals surface area contributed by atoms with E-state index in [1.165, 1.54) is 11.8 Å². The monoisotopic (exact) mass is 417 g/mol. The van der Waals surface area contributed by atoms with Gasteiger partial charge in [0.1, 0.15) is 17.3 Å². The fourth-order valence-electron chi connectivity index (χ4n) is 2.72. The number of nitriles is 1. The Morgan fingerprint density at radius 3 is 2.31 bits per heavy atom. The molecule has 0 unspecified atom stereocenters. The van der Waals surface area contributed by atoms with E-state index in [0.29, 0.717) is 22.0 Å². The molecule has 1 aromatic carbocycles. The molecule has 0 fully saturated rings. The molecule has 2 aromatic rings. The molecule has 0 aliphatic rings. The number of allylic oxidation sites excluding steroid dienone is 1. The van der Waals surface area contributed by atoms with Crippen LogP contribution in [0, 0.1) is 18.3 Å². The van der Waals surface area contributed by atoms with Gasteiger partial charge in [-0.1, -0.05) is 56.6 Å². The van der Waals surface area contributed by atoms with Crippen LogP contribution in [0.5, 0.6) is 0 Å². The van der Waals surface area contributed by atoms with Gasteiger partial charge in [-0.3, -0.25) is 4.68 Å². The maximum absolute atomic E-state index is 11.3. The Labute approximate surface area is 175 Å². The zero-order valence-electron chi connectivity index (χ0n) is 17.4. The zero-order valence-corrected chi connectivity index (χ0v) is 18.1. The fourth-order valence-corrected chi connectivity index (χ4v) is 2.96. The molecule has 154 valence electrons. The van der Waals surface area contributed by atoms with Gasteiger partial charge in [0.05, 0.1) is 17.8 Å². The van der Waals surface area contributed by atoms with E-state index in [4.69, 9.17) is 21.1 Å². The van der Waals surface area contributed by atoms with Crippen molar-refractivity contribution in [1.82, 2.24) is 9.78 Å². The first kappa shape index (κ1) is 22.3. The Balaban J connectivity index is 2.57. The first-order valence-corrected chi connectivity index (χ1v) is 9.26. The Morgan fingerprint density at radius 2 is 1.86 bits per heavy atom. The number of carbonyl (C=O) groups is 1. The molecule has 0 aliphatic carbocycles. The first-order chi connectivity index (χ1) is 13.6. The van der Waals surface area contributed by atoms with Crippen LogP contribution in [0.15, 0.2) is 24.3 Å². The number of hydrogen-bond acceptors (Lipinski definition) is 6. The van der Waals surface area contributed by atoms with E-state index < -0.39 is 12.9 Å². The molecular formula is C21H24ClN3O4. The highest BCUT2D eigenvalue weighted by molar-refractivity contribution is 6.33. The maximum atomic E-state index is 11.3. The van der Waals surface area contributed by atoms with Crippen molar-refractivity contribution in [2.45, 2.75) is 33.1 Å². The van der Waals surface area contributed by atoms with E-state index in [1.807, 2.05) is 24.3 Å². The number of hydrogen-bond donors (Lipinski definition) is 0. The number of ether oxygens (including phenoxy) is 3. The quantitative estimate of drug-likeness (QED) is 0.300. The van der Waals surface area contributed by atoms with Crippen molar-refractivity contribution in [2.24, 2.45) is 7.05 Å². The topological polar surface area (TPSA) is 86.4 Å². The number of halogens is 1. The van der Waals surface area contributed by atoms with Gasteiger partial charge in [-0.2, -0.15) is 10.4 Å². The third-order valence-corrected chi connectivity index (χ3v) is 4.74. The second kappa shape index (κ2) is 9.01. The van der Waals surface area contributed by atoms with Gasteiger partial charge >= 0.3 is 6.16 Å². The summed E-state index contributed by atoms with van der Waals surface area (Å²) in [6, 6.07) is 9.80. The van der Waals surface area contributed by atoms with Gasteiger partial charge in [0, 0.05) is 7.05 Å². The van der Waals surface area contributed by atoms with Crippen LogP contribution >= 0.6 is 11.6 Å². The van der Waals surface area contributed by atoms with E-state index in [9.17, 15) is 10.1 Å². The molecule has 1 aromatic heterocycles. The number of carbonyl (C=O) groups excluding carboxylic acids is 1. The molecule has 0 radical (unpaired) electrons. The van der Waals surface area contributed by atoms with Crippen LogP contribution in [-0.2, 0) is 26.7 Å². The minimum atomic E-state index is -0.898. The number of rotatable bonds is 5. The summed E-state index contributed by atoms with van der Waals surface area (Å²) in [5, 5.41) is 14.5. The van der Waals surface area contributed by atoms with Crippen molar-refractivity contribution < 1.29 is 19.0 Å². The second-order valence-corrected chi connectivity index (χ2v) is 7.75. The van der Waals surface area contributed by atoms with Crippen LogP contribution in [0.3, 0.4) is 0 Å². The Morgan fingerprint density at radius 1 is 1.24 bits per heavy atom. The van der Waals surface area contributed by atoms with Crippen molar-refractivity contribution in [3.63, 3.8) is 0 Å². The molecule has 1 heterocycles. The van der Waals surface area contributed by atoms with E-state index >= 15 is 0 Å². The highest BCUT2D eigenvalue weighted by Crippen LogP contribution is 2.34. The molecule has 0 saturated carbocycles. The number of nitrogens with zero attached hydrogens (tertiary/aromatic N) is 3. The lowest BCUT2D eigenvalue weighted by atomic mass is 9.86. The van der Waals surface area contributed by atoms with E-state index in [2.05, 4.69) is 36.7 Å². The summed E-state index contributed by atoms with van der Waals surface area (Å²) in [5.74, 6) is 0.160. The standard InChI is InChI=1S/C21H24ClN3O4/c1-13-17(22)18(25(5)24-13)19(28-12-29-20(26)27-6)16(11-23)14-7-9-15(10-8-14)21(2,3)4/h7-10H,12H2,1-6H3/b19-16-. The van der Waals surface area contributed by atoms with Gasteiger partial charge in [-0.05, 0) is 23.5 Å². The first-order valence-electron chi connectivity index (χ1n) is 8.88. The molecule has 0 bridgehead atoms. The number of methoxy groups -OCH3 is 1. The third kappa shape index (κ3) is 5.09. The minimum Gasteiger partial charge on any atom is -0.453 e. The number of aryl methyl sites for hydroxylation is 2. The van der Waals surface area contributed by atoms with Crippen LogP contribution in [0.4, 0.5) is 4.79 Å². The molecule has 0 atom stereocenters. The van der Waals surface area contributed by atoms with Crippen molar-refractivity contribution >= 4 is 29.1 Å². The molecule has 0 saturated heterocycles. The summed E-state index contributed by atoms with van der Waals surface area (Å²) in [6.07, 6.45) is -0.898. The molecule has 7 nitrogen and oxygen atoms in total. The van der Waals surface area contributed by atoms with Gasteiger partial charge in [0.2, 0.25) is 6.79 Å². The maximum Gasteiger partial charge on any atom is 0.510 e. The van der Waals surface area contributed by atoms with Gasteiger partial charge in [-0.25, -0.2) is 4.79 Å². The van der Waals surface area contributed by atoms with Crippen molar-refractivity contribution in [1.29, 1.82) is 5.26 Å². The molecule has 0 amide bonds. The summed E-state index contributed by atoms with van der Waals surface area (Å²) in [7, 11) is 2.88. The lowest BCUT2D eigenvalue weighted by molar-refractivity contribution is 0.00352. The van der Waals surface area contributed by atoms with E-state index in [0.717, 1.165) is 5.56 Å². The average molecular weight is 418 g/mol. The molecule has 29 heavy (non-hydrogen) atoms. The van der Waals surface area contributed by atoms with Crippen LogP contribution in [-0.4, -0.2) is 29.8 Å². The van der Waals surface area contributed by atoms with Crippen molar-refractivity contribution in [3.05, 3.63) is 51.8 Å². The van der Waals surface area contributed by atoms with Crippen molar-refractivity contribution in [3.8, 4) is 6.07 Å². The summed E-state index contributed by atoms with van der Waals surface area (Å²) in [5.41, 5.74) is 2.98. The summed E-state index contributed by atoms with van der Waals surface area (Å²) < 4.78 is 16.5. The molecule has 2 rings (SSSR count). The summed E-state index contributed by atoms with van der Waals surface area (Å²) >= 11 is 6.41. The predicted molar refractivity (Wildman–Crippen MR) is 110 cm³/mol. The van der Waals surface area contributed by atoms with Crippen LogP contribution < -0.4 is 0 Å². The molecule has 0 spiro atoms. The van der Waals surface area contributed by atoms with Crippen LogP contribution in [0.25, 0.3) is 11.3 Å². The smallest absolute Gasteiger partial charge is 0.453 e. The number of aromatic nitrogens is 2. The van der Waals surface area contributed by atoms with Gasteiger partial charge in [-0.15, -0.1) is 0 Å². The normalized spacial score (nSPS) is 12.1. The highest BCUT2D eigenvalue weighted by atomic mass is 35.5. The SMILES string of the molecule is COC(=O)OCO/C(=C(/C#N)c1ccc(C(C)(C)C)cc1)c1c(Cl)c(C)nn1C. The molecular weight excluding hydrogens is 394 g/mol. The third-order valence-electron chi connectivity index (χ3n) is 4.29. The van der Waals surface area contributed by atoms with Crippen LogP contribution in [0.2, 0.25) is 5.02 Å². The minimum absolute atomic E-state index is 0.0226. The van der Waals surface area contributed by atoms with Gasteiger partial charge in [0.25, 0.3) is 0 Å². The highest BCUT2D eigenvalue weighted by Gasteiger charge is 2.23. The Kier molecular flexibility index (Phi) is 6.93. The van der Waals surface area contributed by atoms with Crippen molar-refractivity contribution in [2.75, 3.05) is 13.9 Å². The number of benzene rings is 1. The fraction of sp³-hybridized carbons (Fsp3) is 0.381. The lowest BCUT2D eigenvalue weighted by Gasteiger charge is -2.19. The van der Waals surface area contributed by atoms with Gasteiger partial charge in [0.15, 0.2) is 5.76 Å². The largest absolute Gasteiger partial charge is 0.510 e. The summed E-state index contributed by atoms with van der Waals surface area (Å²) in [6.45, 7) is 7.63. The van der Waals surface area contributed by atoms with Gasteiger partial charge < -0.3 is 14.2 Å². The van der Waals surface area contributed by atoms with E-state index in [1.54, 1.807) is 14.0 Å². The lowest BCUT2D eigenvalue weighted by Crippen LogP contribution is -2.11. The average Bonchev–Trinajstić information content (AvgIpc) is 2.92. The predicted octanol–water partition coefficient (Wildman–Crippen LogP) is 4.83. The summed E-state index contributed by atoms with van der Waals surface area (Å²) in [4.78, 5) is 11.3. The zero-order chi connectivity index (χ0) is 21.8.